The fourth-order valence-corrected chi connectivity index (χ4v) is 8.91. The smallest absolute Gasteiger partial charge is 0.220 e. The summed E-state index contributed by atoms with van der Waals surface area (Å²) in [5.41, 5.74) is 0. The molecule has 1 aliphatic rings. The molecule has 0 aromatic rings. The number of nitrogens with one attached hydrogen (secondary N) is 1. The normalized spacial score (nSPS) is 21.1. The van der Waals surface area contributed by atoms with E-state index in [9.17, 15) is 35.4 Å². The summed E-state index contributed by atoms with van der Waals surface area (Å²) in [7, 11) is 0. The summed E-state index contributed by atoms with van der Waals surface area (Å²) in [6.45, 7) is 3.91. The molecular weight excluding hydrogens is 743 g/mol. The molecular formula is C50H99NO8. The van der Waals surface area contributed by atoms with Gasteiger partial charge in [-0.1, -0.05) is 239 Å². The van der Waals surface area contributed by atoms with Crippen LogP contribution in [0.25, 0.3) is 0 Å². The van der Waals surface area contributed by atoms with Crippen LogP contribution in [0.1, 0.15) is 258 Å². The van der Waals surface area contributed by atoms with E-state index in [0.29, 0.717) is 12.8 Å². The third-order valence-corrected chi connectivity index (χ3v) is 13.0. The third kappa shape index (κ3) is 29.2. The average molecular weight is 842 g/mol. The SMILES string of the molecule is CCCCCCCCCCCCCCCCCCCCCCCCCC(=O)NC(C(O)CCCCCCCCCCCCCCC)C(O)[C@@H]1O[C@H](CO)[C@H](O)[C@H](O)[C@H]1O. The van der Waals surface area contributed by atoms with Crippen LogP contribution in [0.15, 0.2) is 0 Å². The van der Waals surface area contributed by atoms with Crippen molar-refractivity contribution in [3.05, 3.63) is 0 Å². The summed E-state index contributed by atoms with van der Waals surface area (Å²) < 4.78 is 5.62. The van der Waals surface area contributed by atoms with Gasteiger partial charge in [-0.3, -0.25) is 4.79 Å². The molecule has 3 unspecified atom stereocenters. The lowest BCUT2D eigenvalue weighted by Gasteiger charge is -2.44. The summed E-state index contributed by atoms with van der Waals surface area (Å²) in [4.78, 5) is 13.1. The molecule has 0 bridgehead atoms. The molecule has 1 fully saturated rings. The van der Waals surface area contributed by atoms with E-state index in [4.69, 9.17) is 4.74 Å². The second-order valence-corrected chi connectivity index (χ2v) is 18.5. The largest absolute Gasteiger partial charge is 0.394 e. The van der Waals surface area contributed by atoms with Crippen LogP contribution in [-0.2, 0) is 9.53 Å². The number of carbonyl (C=O) groups excluding carboxylic acids is 1. The zero-order valence-electron chi connectivity index (χ0n) is 38.7. The first-order valence-corrected chi connectivity index (χ1v) is 25.7. The highest BCUT2D eigenvalue weighted by molar-refractivity contribution is 5.76. The van der Waals surface area contributed by atoms with Gasteiger partial charge in [-0.15, -0.1) is 0 Å². The number of rotatable bonds is 43. The molecule has 9 nitrogen and oxygen atoms in total. The van der Waals surface area contributed by atoms with E-state index < -0.39 is 55.4 Å². The van der Waals surface area contributed by atoms with Crippen molar-refractivity contribution in [1.29, 1.82) is 0 Å². The third-order valence-electron chi connectivity index (χ3n) is 13.0. The molecule has 8 atom stereocenters. The number of ether oxygens (including phenoxy) is 1. The highest BCUT2D eigenvalue weighted by atomic mass is 16.6. The summed E-state index contributed by atoms with van der Waals surface area (Å²) in [6.07, 6.45) is 36.2. The summed E-state index contributed by atoms with van der Waals surface area (Å²) in [5.74, 6) is -0.286. The van der Waals surface area contributed by atoms with Gasteiger partial charge in [0, 0.05) is 6.42 Å². The molecule has 9 heteroatoms. The number of hydrogen-bond acceptors (Lipinski definition) is 8. The average Bonchev–Trinajstić information content (AvgIpc) is 3.23. The molecule has 1 amide bonds. The van der Waals surface area contributed by atoms with Gasteiger partial charge >= 0.3 is 0 Å². The standard InChI is InChI=1S/C50H99NO8/c1-3-5-7-9-11-13-15-17-18-19-20-21-22-23-24-25-26-28-30-32-34-36-38-40-44(54)51-45(47(56)50-49(58)48(57)46(55)43(41-52)59-50)42(53)39-37-35-33-31-29-27-16-14-12-10-8-6-4-2/h42-43,45-50,52-53,55-58H,3-41H2,1-2H3,(H,51,54)/t42?,43-,45?,46+,47?,48+,49-,50+/m1/s1. The molecule has 1 saturated heterocycles. The van der Waals surface area contributed by atoms with Crippen LogP contribution in [-0.4, -0.2) is 91.9 Å². The quantitative estimate of drug-likeness (QED) is 0.0299. The maximum Gasteiger partial charge on any atom is 0.220 e. The van der Waals surface area contributed by atoms with Crippen LogP contribution in [0.4, 0.5) is 0 Å². The van der Waals surface area contributed by atoms with Crippen molar-refractivity contribution in [1.82, 2.24) is 5.32 Å². The lowest BCUT2D eigenvalue weighted by molar-refractivity contribution is -0.253. The molecule has 1 rings (SSSR count). The molecule has 0 saturated carbocycles. The van der Waals surface area contributed by atoms with Crippen LogP contribution >= 0.6 is 0 Å². The van der Waals surface area contributed by atoms with Crippen molar-refractivity contribution in [3.8, 4) is 0 Å². The van der Waals surface area contributed by atoms with E-state index in [2.05, 4.69) is 19.2 Å². The first kappa shape index (κ1) is 56.2. The van der Waals surface area contributed by atoms with Crippen molar-refractivity contribution in [2.24, 2.45) is 0 Å². The number of carbonyl (C=O) groups is 1. The minimum atomic E-state index is -1.66. The Bertz CT molecular complexity index is 908. The van der Waals surface area contributed by atoms with Crippen LogP contribution < -0.4 is 5.32 Å². The van der Waals surface area contributed by atoms with E-state index in [1.165, 1.54) is 180 Å². The zero-order chi connectivity index (χ0) is 43.2. The predicted molar refractivity (Wildman–Crippen MR) is 245 cm³/mol. The molecule has 0 spiro atoms. The van der Waals surface area contributed by atoms with Crippen molar-refractivity contribution >= 4 is 5.91 Å². The molecule has 0 radical (unpaired) electrons. The van der Waals surface area contributed by atoms with E-state index >= 15 is 0 Å². The minimum absolute atomic E-state index is 0.266. The monoisotopic (exact) mass is 842 g/mol. The van der Waals surface area contributed by atoms with Gasteiger partial charge in [0.15, 0.2) is 0 Å². The Labute approximate surface area is 363 Å². The van der Waals surface area contributed by atoms with Gasteiger partial charge in [0.2, 0.25) is 5.91 Å². The molecule has 1 aliphatic heterocycles. The maximum absolute atomic E-state index is 13.1. The van der Waals surface area contributed by atoms with Gasteiger partial charge in [0.1, 0.15) is 36.6 Å². The van der Waals surface area contributed by atoms with Gasteiger partial charge in [-0.05, 0) is 12.8 Å². The highest BCUT2D eigenvalue weighted by Crippen LogP contribution is 2.27. The van der Waals surface area contributed by atoms with Gasteiger partial charge < -0.3 is 40.7 Å². The summed E-state index contributed by atoms with van der Waals surface area (Å²) >= 11 is 0. The fourth-order valence-electron chi connectivity index (χ4n) is 8.91. The molecule has 1 heterocycles. The summed E-state index contributed by atoms with van der Waals surface area (Å²) in [5, 5.41) is 66.4. The van der Waals surface area contributed by atoms with E-state index in [-0.39, 0.29) is 12.3 Å². The number of unbranched alkanes of at least 4 members (excludes halogenated alkanes) is 34. The first-order valence-electron chi connectivity index (χ1n) is 25.7. The van der Waals surface area contributed by atoms with Crippen LogP contribution in [0.5, 0.6) is 0 Å². The second-order valence-electron chi connectivity index (χ2n) is 18.5. The Kier molecular flexibility index (Phi) is 38.1. The molecule has 352 valence electrons. The number of aliphatic hydroxyl groups is 6. The molecule has 0 aromatic heterocycles. The lowest BCUT2D eigenvalue weighted by atomic mass is 9.87. The van der Waals surface area contributed by atoms with Crippen molar-refractivity contribution in [2.75, 3.05) is 6.61 Å². The molecule has 0 aromatic carbocycles. The Balaban J connectivity index is 2.26. The Hall–Kier alpha value is -0.810. The van der Waals surface area contributed by atoms with Crippen LogP contribution in [0.3, 0.4) is 0 Å². The van der Waals surface area contributed by atoms with Gasteiger partial charge in [-0.25, -0.2) is 0 Å². The molecule has 7 N–H and O–H groups in total. The lowest BCUT2D eigenvalue weighted by Crippen LogP contribution is -2.66. The van der Waals surface area contributed by atoms with Crippen molar-refractivity contribution in [2.45, 2.75) is 307 Å². The zero-order valence-corrected chi connectivity index (χ0v) is 38.7. The second kappa shape index (κ2) is 40.0. The Morgan fingerprint density at radius 3 is 1.14 bits per heavy atom. The molecule has 0 aliphatic carbocycles. The Morgan fingerprint density at radius 2 is 0.797 bits per heavy atom. The highest BCUT2D eigenvalue weighted by Gasteiger charge is 2.48. The molecule has 59 heavy (non-hydrogen) atoms. The van der Waals surface area contributed by atoms with Crippen LogP contribution in [0, 0.1) is 0 Å². The van der Waals surface area contributed by atoms with Crippen molar-refractivity contribution < 1.29 is 40.2 Å². The Morgan fingerprint density at radius 1 is 0.475 bits per heavy atom. The van der Waals surface area contributed by atoms with Gasteiger partial charge in [-0.2, -0.15) is 0 Å². The fraction of sp³-hybridized carbons (Fsp3) is 0.980. The number of aliphatic hydroxyl groups excluding tert-OH is 6. The van der Waals surface area contributed by atoms with E-state index in [1.807, 2.05) is 0 Å². The van der Waals surface area contributed by atoms with Gasteiger partial charge in [0.05, 0.1) is 18.8 Å². The number of hydrogen-bond donors (Lipinski definition) is 7. The van der Waals surface area contributed by atoms with Gasteiger partial charge in [0.25, 0.3) is 0 Å². The minimum Gasteiger partial charge on any atom is -0.394 e. The van der Waals surface area contributed by atoms with E-state index in [0.717, 1.165) is 44.9 Å². The summed E-state index contributed by atoms with van der Waals surface area (Å²) in [6, 6.07) is -1.13. The maximum atomic E-state index is 13.1. The predicted octanol–water partition coefficient (Wildman–Crippen LogP) is 10.9. The van der Waals surface area contributed by atoms with Crippen molar-refractivity contribution in [3.63, 3.8) is 0 Å². The first-order chi connectivity index (χ1) is 28.8. The topological polar surface area (TPSA) is 160 Å². The van der Waals surface area contributed by atoms with Crippen LogP contribution in [0.2, 0.25) is 0 Å². The number of amides is 1. The van der Waals surface area contributed by atoms with E-state index in [1.54, 1.807) is 0 Å².